The first-order valence-corrected chi connectivity index (χ1v) is 6.74. The molecule has 1 amide bonds. The summed E-state index contributed by atoms with van der Waals surface area (Å²) in [6.07, 6.45) is 1.66. The molecule has 0 aliphatic heterocycles. The molecule has 0 radical (unpaired) electrons. The van der Waals surface area contributed by atoms with Crippen LogP contribution in [0.5, 0.6) is 5.88 Å². The average Bonchev–Trinajstić information content (AvgIpc) is 2.85. The lowest BCUT2D eigenvalue weighted by molar-refractivity contribution is 0.0997. The highest BCUT2D eigenvalue weighted by Gasteiger charge is 2.11. The van der Waals surface area contributed by atoms with Gasteiger partial charge in [-0.05, 0) is 31.4 Å². The molecule has 0 bridgehead atoms. The Hall–Kier alpha value is -1.95. The molecule has 0 saturated heterocycles. The van der Waals surface area contributed by atoms with Gasteiger partial charge in [-0.15, -0.1) is 5.10 Å². The van der Waals surface area contributed by atoms with Crippen LogP contribution in [0, 0.1) is 6.92 Å². The summed E-state index contributed by atoms with van der Waals surface area (Å²) in [5.74, 6) is -0.0132. The Balaban J connectivity index is 0.000000956. The Morgan fingerprint density at radius 2 is 2.10 bits per heavy atom. The van der Waals surface area contributed by atoms with Crippen LogP contribution in [0.4, 0.5) is 0 Å². The van der Waals surface area contributed by atoms with Gasteiger partial charge >= 0.3 is 0 Å². The normalized spacial score (nSPS) is 9.60. The molecule has 0 aliphatic carbocycles. The summed E-state index contributed by atoms with van der Waals surface area (Å²) in [5.41, 5.74) is 7.53. The predicted molar refractivity (Wildman–Crippen MR) is 82.0 cm³/mol. The third kappa shape index (κ3) is 4.03. The van der Waals surface area contributed by atoms with E-state index in [1.165, 1.54) is 4.09 Å². The number of ether oxygens (including phenoxy) is 1. The van der Waals surface area contributed by atoms with E-state index in [1.807, 2.05) is 26.8 Å². The Bertz CT molecular complexity index is 582. The van der Waals surface area contributed by atoms with E-state index in [-0.39, 0.29) is 6.61 Å². The van der Waals surface area contributed by atoms with Crippen molar-refractivity contribution in [2.45, 2.75) is 27.4 Å². The van der Waals surface area contributed by atoms with Crippen molar-refractivity contribution >= 4 is 18.7 Å². The van der Waals surface area contributed by atoms with Gasteiger partial charge in [0.05, 0.1) is 0 Å². The highest BCUT2D eigenvalue weighted by atomic mass is 32.1. The fraction of sp³-hybridized carbons (Fsp3) is 0.286. The third-order valence-corrected chi connectivity index (χ3v) is 2.81. The third-order valence-electron chi connectivity index (χ3n) is 2.59. The molecule has 20 heavy (non-hydrogen) atoms. The number of aromatic nitrogens is 2. The number of primary amides is 1. The van der Waals surface area contributed by atoms with E-state index in [1.54, 1.807) is 24.4 Å². The topological polar surface area (TPSA) is 70.1 Å². The number of thiol groups is 1. The number of rotatable bonds is 4. The molecule has 1 aromatic heterocycles. The molecule has 0 fully saturated rings. The summed E-state index contributed by atoms with van der Waals surface area (Å²) in [7, 11) is 0. The largest absolute Gasteiger partial charge is 0.472 e. The summed E-state index contributed by atoms with van der Waals surface area (Å²) < 4.78 is 6.85. The Morgan fingerprint density at radius 1 is 1.40 bits per heavy atom. The average molecular weight is 293 g/mol. The van der Waals surface area contributed by atoms with Crippen LogP contribution in [0.25, 0.3) is 0 Å². The number of amides is 1. The van der Waals surface area contributed by atoms with Gasteiger partial charge in [0.2, 0.25) is 11.8 Å². The monoisotopic (exact) mass is 293 g/mol. The van der Waals surface area contributed by atoms with Crippen LogP contribution in [-0.4, -0.2) is 15.1 Å². The lowest BCUT2D eigenvalue weighted by atomic mass is 10.0. The van der Waals surface area contributed by atoms with Crippen molar-refractivity contribution in [1.82, 2.24) is 9.19 Å². The minimum atomic E-state index is -0.461. The van der Waals surface area contributed by atoms with Crippen LogP contribution >= 0.6 is 12.8 Å². The first-order chi connectivity index (χ1) is 9.58. The number of aryl methyl sites for hydroxylation is 1. The number of carbonyl (C=O) groups is 1. The minimum absolute atomic E-state index is 0.246. The molecule has 0 saturated carbocycles. The lowest BCUT2D eigenvalue weighted by Gasteiger charge is -2.10. The van der Waals surface area contributed by atoms with E-state index in [0.717, 1.165) is 11.1 Å². The maximum atomic E-state index is 11.3. The predicted octanol–water partition coefficient (Wildman–Crippen LogP) is 2.59. The standard InChI is InChI=1S/C12H13N3O2S.C2H6/c1-8-3-2-4-9(12(13)16)10(8)7-17-11-5-6-15(18)14-11;1-2/h2-6,18H,7H2,1H3,(H2,13,16);1-2H3. The van der Waals surface area contributed by atoms with E-state index < -0.39 is 5.91 Å². The maximum Gasteiger partial charge on any atom is 0.249 e. The number of carbonyl (C=O) groups excluding carboxylic acids is 1. The van der Waals surface area contributed by atoms with Crippen molar-refractivity contribution in [2.75, 3.05) is 0 Å². The Labute approximate surface area is 124 Å². The van der Waals surface area contributed by atoms with Gasteiger partial charge in [0.15, 0.2) is 0 Å². The van der Waals surface area contributed by atoms with Gasteiger partial charge in [-0.1, -0.05) is 26.0 Å². The molecule has 108 valence electrons. The molecule has 2 rings (SSSR count). The van der Waals surface area contributed by atoms with Crippen LogP contribution in [0.15, 0.2) is 30.5 Å². The summed E-state index contributed by atoms with van der Waals surface area (Å²) in [5, 5.41) is 3.97. The van der Waals surface area contributed by atoms with Crippen molar-refractivity contribution in [3.05, 3.63) is 47.2 Å². The zero-order valence-electron chi connectivity index (χ0n) is 11.8. The number of benzene rings is 1. The molecule has 1 heterocycles. The van der Waals surface area contributed by atoms with Gasteiger partial charge in [-0.3, -0.25) is 4.79 Å². The summed E-state index contributed by atoms with van der Waals surface area (Å²) >= 11 is 4.01. The fourth-order valence-corrected chi connectivity index (χ4v) is 1.80. The molecule has 1 aromatic carbocycles. The molecule has 0 atom stereocenters. The molecule has 0 spiro atoms. The Kier molecular flexibility index (Phi) is 6.11. The smallest absolute Gasteiger partial charge is 0.249 e. The van der Waals surface area contributed by atoms with Crippen LogP contribution in [0.1, 0.15) is 35.3 Å². The molecule has 2 N–H and O–H groups in total. The minimum Gasteiger partial charge on any atom is -0.472 e. The number of nitrogens with zero attached hydrogens (tertiary/aromatic N) is 2. The Morgan fingerprint density at radius 3 is 2.65 bits per heavy atom. The van der Waals surface area contributed by atoms with Crippen molar-refractivity contribution < 1.29 is 9.53 Å². The second kappa shape index (κ2) is 7.59. The van der Waals surface area contributed by atoms with E-state index >= 15 is 0 Å². The van der Waals surface area contributed by atoms with Gasteiger partial charge in [0.1, 0.15) is 6.61 Å². The summed E-state index contributed by atoms with van der Waals surface area (Å²) in [6.45, 7) is 6.15. The van der Waals surface area contributed by atoms with Gasteiger partial charge in [0, 0.05) is 23.4 Å². The zero-order valence-corrected chi connectivity index (χ0v) is 12.7. The highest BCUT2D eigenvalue weighted by molar-refractivity contribution is 7.78. The molecule has 0 aliphatic rings. The van der Waals surface area contributed by atoms with E-state index in [4.69, 9.17) is 10.5 Å². The van der Waals surface area contributed by atoms with Crippen LogP contribution in [0.2, 0.25) is 0 Å². The van der Waals surface area contributed by atoms with E-state index in [9.17, 15) is 4.79 Å². The number of hydrogen-bond donors (Lipinski definition) is 2. The van der Waals surface area contributed by atoms with Gasteiger partial charge < -0.3 is 10.5 Å². The molecule has 0 unspecified atom stereocenters. The molecule has 5 nitrogen and oxygen atoms in total. The molecule has 6 heteroatoms. The number of hydrogen-bond acceptors (Lipinski definition) is 4. The quantitative estimate of drug-likeness (QED) is 0.851. The molecular formula is C14H19N3O2S. The SMILES string of the molecule is CC.Cc1cccc(C(N)=O)c1COc1ccn(S)n1. The first kappa shape index (κ1) is 16.1. The number of nitrogens with two attached hydrogens (primary N) is 1. The van der Waals surface area contributed by atoms with Crippen LogP contribution in [0.3, 0.4) is 0 Å². The fourth-order valence-electron chi connectivity index (χ4n) is 1.65. The van der Waals surface area contributed by atoms with Crippen molar-refractivity contribution in [3.8, 4) is 5.88 Å². The highest BCUT2D eigenvalue weighted by Crippen LogP contribution is 2.17. The van der Waals surface area contributed by atoms with Crippen LogP contribution in [-0.2, 0) is 6.61 Å². The van der Waals surface area contributed by atoms with Crippen molar-refractivity contribution in [3.63, 3.8) is 0 Å². The van der Waals surface area contributed by atoms with Crippen LogP contribution < -0.4 is 10.5 Å². The van der Waals surface area contributed by atoms with Crippen molar-refractivity contribution in [1.29, 1.82) is 0 Å². The second-order valence-electron chi connectivity index (χ2n) is 3.83. The first-order valence-electron chi connectivity index (χ1n) is 6.34. The molecule has 2 aromatic rings. The van der Waals surface area contributed by atoms with Gasteiger partial charge in [-0.2, -0.15) is 0 Å². The molecular weight excluding hydrogens is 274 g/mol. The lowest BCUT2D eigenvalue weighted by Crippen LogP contribution is -2.15. The summed E-state index contributed by atoms with van der Waals surface area (Å²) in [4.78, 5) is 11.3. The maximum absolute atomic E-state index is 11.3. The van der Waals surface area contributed by atoms with Gasteiger partial charge in [0.25, 0.3) is 0 Å². The second-order valence-corrected chi connectivity index (χ2v) is 4.24. The van der Waals surface area contributed by atoms with E-state index in [2.05, 4.69) is 17.9 Å². The summed E-state index contributed by atoms with van der Waals surface area (Å²) in [6, 6.07) is 7.07. The van der Waals surface area contributed by atoms with E-state index in [0.29, 0.717) is 11.4 Å². The zero-order chi connectivity index (χ0) is 15.1. The van der Waals surface area contributed by atoms with Crippen molar-refractivity contribution in [2.24, 2.45) is 5.73 Å². The van der Waals surface area contributed by atoms with Gasteiger partial charge in [-0.25, -0.2) is 4.09 Å².